The molecule has 0 N–H and O–H groups in total. The third-order valence-electron chi connectivity index (χ3n) is 3.32. The highest BCUT2D eigenvalue weighted by Gasteiger charge is 2.25. The van der Waals surface area contributed by atoms with E-state index in [1.165, 1.54) is 6.07 Å². The van der Waals surface area contributed by atoms with Crippen molar-refractivity contribution in [3.63, 3.8) is 0 Å². The first-order valence-corrected chi connectivity index (χ1v) is 5.99. The lowest BCUT2D eigenvalue weighted by Crippen LogP contribution is -2.21. The summed E-state index contributed by atoms with van der Waals surface area (Å²) in [5, 5.41) is 0. The molecule has 0 saturated carbocycles. The van der Waals surface area contributed by atoms with Crippen LogP contribution in [0.3, 0.4) is 0 Å². The van der Waals surface area contributed by atoms with E-state index in [9.17, 15) is 8.78 Å². The highest BCUT2D eigenvalue weighted by Crippen LogP contribution is 2.29. The van der Waals surface area contributed by atoms with Gasteiger partial charge in [0.25, 0.3) is 0 Å². The van der Waals surface area contributed by atoms with Crippen LogP contribution in [0.5, 0.6) is 0 Å². The zero-order valence-corrected chi connectivity index (χ0v) is 9.83. The van der Waals surface area contributed by atoms with Crippen molar-refractivity contribution in [2.24, 2.45) is 0 Å². The molecule has 0 radical (unpaired) electrons. The van der Waals surface area contributed by atoms with Crippen LogP contribution < -0.4 is 0 Å². The molecule has 1 aromatic carbocycles. The summed E-state index contributed by atoms with van der Waals surface area (Å²) in [5.41, 5.74) is 0.646. The first-order chi connectivity index (χ1) is 8.20. The minimum atomic E-state index is -0.507. The van der Waals surface area contributed by atoms with Gasteiger partial charge in [-0.25, -0.2) is 8.78 Å². The normalized spacial score (nSPS) is 20.7. The predicted octanol–water partition coefficient (Wildman–Crippen LogP) is 3.33. The average Bonchev–Trinajstić information content (AvgIpc) is 2.75. The fourth-order valence-corrected chi connectivity index (χ4v) is 2.40. The van der Waals surface area contributed by atoms with Gasteiger partial charge in [-0.15, -0.1) is 6.58 Å². The van der Waals surface area contributed by atoms with Crippen molar-refractivity contribution < 1.29 is 8.78 Å². The smallest absolute Gasteiger partial charge is 0.129 e. The molecule has 0 aromatic heterocycles. The van der Waals surface area contributed by atoms with Gasteiger partial charge < -0.3 is 4.90 Å². The van der Waals surface area contributed by atoms with Gasteiger partial charge in [-0.1, -0.05) is 12.1 Å². The van der Waals surface area contributed by atoms with Crippen molar-refractivity contribution in [1.82, 2.24) is 4.90 Å². The maximum absolute atomic E-state index is 13.6. The highest BCUT2D eigenvalue weighted by atomic mass is 19.1. The molecule has 1 fully saturated rings. The van der Waals surface area contributed by atoms with Gasteiger partial charge in [0, 0.05) is 25.1 Å². The topological polar surface area (TPSA) is 3.24 Å². The Morgan fingerprint density at radius 2 is 2.24 bits per heavy atom. The molecule has 0 bridgehead atoms. The summed E-state index contributed by atoms with van der Waals surface area (Å²) in [5.74, 6) is -0.728. The second-order valence-corrected chi connectivity index (χ2v) is 4.53. The maximum atomic E-state index is 13.6. The summed E-state index contributed by atoms with van der Waals surface area (Å²) in [6.45, 7) is 6.51. The Morgan fingerprint density at radius 1 is 1.41 bits per heavy atom. The lowest BCUT2D eigenvalue weighted by molar-refractivity contribution is 0.340. The number of hydrogen-bond donors (Lipinski definition) is 0. The largest absolute Gasteiger partial charge is 0.302 e. The van der Waals surface area contributed by atoms with E-state index in [0.717, 1.165) is 38.5 Å². The Bertz CT molecular complexity index is 403. The molecule has 92 valence electrons. The second kappa shape index (κ2) is 5.41. The number of rotatable bonds is 4. The average molecular weight is 237 g/mol. The molecular weight excluding hydrogens is 220 g/mol. The molecule has 3 heteroatoms. The quantitative estimate of drug-likeness (QED) is 0.726. The van der Waals surface area contributed by atoms with E-state index in [1.54, 1.807) is 6.07 Å². The lowest BCUT2D eigenvalue weighted by atomic mass is 9.98. The molecule has 1 unspecified atom stereocenters. The standard InChI is InChI=1S/C14H17F2N/c1-2-3-7-17-8-6-11(10-17)13-5-4-12(15)9-14(13)16/h2,4-5,9,11H,1,3,6-8,10H2. The molecule has 17 heavy (non-hydrogen) atoms. The van der Waals surface area contributed by atoms with Crippen LogP contribution in [0, 0.1) is 11.6 Å². The third-order valence-corrected chi connectivity index (χ3v) is 3.32. The van der Waals surface area contributed by atoms with Crippen molar-refractivity contribution in [3.8, 4) is 0 Å². The van der Waals surface area contributed by atoms with Crippen molar-refractivity contribution in [3.05, 3.63) is 48.1 Å². The van der Waals surface area contributed by atoms with E-state index in [0.29, 0.717) is 5.56 Å². The summed E-state index contributed by atoms with van der Waals surface area (Å²) in [4.78, 5) is 2.30. The van der Waals surface area contributed by atoms with Crippen molar-refractivity contribution >= 4 is 0 Å². The number of benzene rings is 1. The van der Waals surface area contributed by atoms with Crippen LogP contribution in [-0.2, 0) is 0 Å². The summed E-state index contributed by atoms with van der Waals surface area (Å²) < 4.78 is 26.4. The number of halogens is 2. The Kier molecular flexibility index (Phi) is 3.89. The summed E-state index contributed by atoms with van der Waals surface area (Å²) in [7, 11) is 0. The van der Waals surface area contributed by atoms with E-state index in [1.807, 2.05) is 6.08 Å². The lowest BCUT2D eigenvalue weighted by Gasteiger charge is -2.15. The van der Waals surface area contributed by atoms with Gasteiger partial charge in [0.2, 0.25) is 0 Å². The van der Waals surface area contributed by atoms with Crippen molar-refractivity contribution in [2.45, 2.75) is 18.8 Å². The van der Waals surface area contributed by atoms with E-state index < -0.39 is 11.6 Å². The third kappa shape index (κ3) is 2.91. The van der Waals surface area contributed by atoms with Crippen LogP contribution in [0.2, 0.25) is 0 Å². The van der Waals surface area contributed by atoms with Crippen LogP contribution >= 0.6 is 0 Å². The minimum Gasteiger partial charge on any atom is -0.302 e. The second-order valence-electron chi connectivity index (χ2n) is 4.53. The van der Waals surface area contributed by atoms with Crippen LogP contribution in [-0.4, -0.2) is 24.5 Å². The Morgan fingerprint density at radius 3 is 2.94 bits per heavy atom. The molecule has 1 aliphatic heterocycles. The molecule has 1 nitrogen and oxygen atoms in total. The Hall–Kier alpha value is -1.22. The van der Waals surface area contributed by atoms with Gasteiger partial charge in [-0.3, -0.25) is 0 Å². The van der Waals surface area contributed by atoms with Gasteiger partial charge in [0.1, 0.15) is 11.6 Å². The molecule has 1 saturated heterocycles. The van der Waals surface area contributed by atoms with E-state index >= 15 is 0 Å². The van der Waals surface area contributed by atoms with Gasteiger partial charge in [0.05, 0.1) is 0 Å². The summed E-state index contributed by atoms with van der Waals surface area (Å²) >= 11 is 0. The van der Waals surface area contributed by atoms with Crippen molar-refractivity contribution in [1.29, 1.82) is 0 Å². The molecule has 1 aliphatic rings. The van der Waals surface area contributed by atoms with Crippen LogP contribution in [0.4, 0.5) is 8.78 Å². The summed E-state index contributed by atoms with van der Waals surface area (Å²) in [6.07, 6.45) is 3.80. The number of hydrogen-bond acceptors (Lipinski definition) is 1. The maximum Gasteiger partial charge on any atom is 0.129 e. The molecule has 0 amide bonds. The number of likely N-dealkylation sites (tertiary alicyclic amines) is 1. The van der Waals surface area contributed by atoms with Gasteiger partial charge >= 0.3 is 0 Å². The minimum absolute atomic E-state index is 0.195. The highest BCUT2D eigenvalue weighted by molar-refractivity contribution is 5.24. The first-order valence-electron chi connectivity index (χ1n) is 5.99. The van der Waals surface area contributed by atoms with Gasteiger partial charge in [0.15, 0.2) is 0 Å². The van der Waals surface area contributed by atoms with Crippen LogP contribution in [0.25, 0.3) is 0 Å². The number of nitrogens with zero attached hydrogens (tertiary/aromatic N) is 1. The van der Waals surface area contributed by atoms with Gasteiger partial charge in [-0.05, 0) is 31.0 Å². The molecule has 0 aliphatic carbocycles. The molecule has 1 heterocycles. The Balaban J connectivity index is 2.02. The Labute approximate surface area is 101 Å². The predicted molar refractivity (Wildman–Crippen MR) is 65.0 cm³/mol. The molecule has 1 aromatic rings. The zero-order valence-electron chi connectivity index (χ0n) is 9.83. The van der Waals surface area contributed by atoms with E-state index in [-0.39, 0.29) is 5.92 Å². The fourth-order valence-electron chi connectivity index (χ4n) is 2.40. The van der Waals surface area contributed by atoms with Gasteiger partial charge in [-0.2, -0.15) is 0 Å². The van der Waals surface area contributed by atoms with Crippen molar-refractivity contribution in [2.75, 3.05) is 19.6 Å². The molecular formula is C14H17F2N. The van der Waals surface area contributed by atoms with E-state index in [2.05, 4.69) is 11.5 Å². The van der Waals surface area contributed by atoms with E-state index in [4.69, 9.17) is 0 Å². The summed E-state index contributed by atoms with van der Waals surface area (Å²) in [6, 6.07) is 3.89. The monoisotopic (exact) mass is 237 g/mol. The van der Waals surface area contributed by atoms with Crippen LogP contribution in [0.1, 0.15) is 24.3 Å². The fraction of sp³-hybridized carbons (Fsp3) is 0.429. The zero-order chi connectivity index (χ0) is 12.3. The molecule has 2 rings (SSSR count). The SMILES string of the molecule is C=CCCN1CCC(c2ccc(F)cc2F)C1. The molecule has 0 spiro atoms. The van der Waals surface area contributed by atoms with Crippen LogP contribution in [0.15, 0.2) is 30.9 Å². The first kappa shape index (κ1) is 12.2. The molecule has 1 atom stereocenters.